The van der Waals surface area contributed by atoms with E-state index in [9.17, 15) is 0 Å². The van der Waals surface area contributed by atoms with Crippen LogP contribution in [-0.2, 0) is 32.5 Å². The molecular weight excluding hydrogens is 1140 g/mol. The lowest BCUT2D eigenvalue weighted by molar-refractivity contribution is 0.433. The lowest BCUT2D eigenvalue weighted by atomic mass is 9.64. The smallest absolute Gasteiger partial charge is 0.132 e. The van der Waals surface area contributed by atoms with Gasteiger partial charge in [0.05, 0.1) is 22.2 Å². The summed E-state index contributed by atoms with van der Waals surface area (Å²) < 4.78 is 7.17. The summed E-state index contributed by atoms with van der Waals surface area (Å²) in [5.41, 5.74) is 29.0. The van der Waals surface area contributed by atoms with Crippen molar-refractivity contribution in [3.8, 4) is 67.1 Å². The number of nitrogens with zero attached hydrogens (tertiary/aromatic N) is 1. The minimum absolute atomic E-state index is 0.0674. The number of ether oxygens (including phenoxy) is 1. The second kappa shape index (κ2) is 21.1. The quantitative estimate of drug-likeness (QED) is 0.165. The van der Waals surface area contributed by atoms with Gasteiger partial charge in [-0.3, -0.25) is 0 Å². The second-order valence-corrected chi connectivity index (χ2v) is 31.5. The minimum atomic E-state index is -0.737. The first kappa shape index (κ1) is 58.7. The molecule has 4 aliphatic rings. The molecule has 0 fully saturated rings. The summed E-state index contributed by atoms with van der Waals surface area (Å²) in [6, 6.07) is 100. The number of rotatable bonds is 6. The standard InChI is InChI=1S/C90H79NOS/c1-85(2,3)60-39-46-81-75(51-60)89(76-52-61(86(4,5)6)40-47-82(76)92-81)71-30-20-16-29-68(71)70-45-43-64(55-74(70)89)91(79-32-22-18-26-65(79)58-36-34-57(35-37-58)56-24-14-13-15-25-56)80-33-23-19-27-66(80)59-38-44-69-67-28-17-21-31-72(67)90(73(69)50-59)77-53-62(87(7,8)9)41-48-83(77)93-84-49-42-63(54-78(84)90)88(10,11)12/h13-55H,1-12H3. The topological polar surface area (TPSA) is 12.5 Å². The van der Waals surface area contributed by atoms with Gasteiger partial charge in [-0.05, 0) is 189 Å². The van der Waals surface area contributed by atoms with Gasteiger partial charge in [0, 0.05) is 37.7 Å². The van der Waals surface area contributed by atoms with Gasteiger partial charge in [-0.1, -0.05) is 289 Å². The Balaban J connectivity index is 0.973. The van der Waals surface area contributed by atoms with Gasteiger partial charge in [0.1, 0.15) is 11.5 Å². The molecule has 0 N–H and O–H groups in total. The fourth-order valence-corrected chi connectivity index (χ4v) is 16.9. The van der Waals surface area contributed by atoms with Crippen LogP contribution in [0.2, 0.25) is 0 Å². The maximum Gasteiger partial charge on any atom is 0.132 e. The molecule has 12 aromatic rings. The molecular formula is C90H79NOS. The Labute approximate surface area is 555 Å². The van der Waals surface area contributed by atoms with Gasteiger partial charge in [-0.15, -0.1) is 0 Å². The molecule has 2 aliphatic carbocycles. The van der Waals surface area contributed by atoms with Crippen LogP contribution in [0, 0.1) is 0 Å². The van der Waals surface area contributed by atoms with E-state index in [4.69, 9.17) is 4.74 Å². The lowest BCUT2D eigenvalue weighted by Crippen LogP contribution is -2.33. The number of hydrogen-bond donors (Lipinski definition) is 0. The van der Waals surface area contributed by atoms with E-state index in [0.29, 0.717) is 0 Å². The van der Waals surface area contributed by atoms with E-state index in [0.717, 1.165) is 50.8 Å². The number of benzene rings is 12. The maximum absolute atomic E-state index is 7.17. The molecule has 0 radical (unpaired) electrons. The maximum atomic E-state index is 7.17. The molecule has 2 heterocycles. The number of anilines is 3. The zero-order valence-electron chi connectivity index (χ0n) is 55.6. The van der Waals surface area contributed by atoms with Crippen molar-refractivity contribution >= 4 is 28.8 Å². The summed E-state index contributed by atoms with van der Waals surface area (Å²) in [5.74, 6) is 1.78. The molecule has 0 aromatic heterocycles. The van der Waals surface area contributed by atoms with E-state index >= 15 is 0 Å². The molecule has 0 unspecified atom stereocenters. The predicted octanol–water partition coefficient (Wildman–Crippen LogP) is 24.6. The molecule has 3 heteroatoms. The van der Waals surface area contributed by atoms with Crippen LogP contribution in [0.15, 0.2) is 271 Å². The van der Waals surface area contributed by atoms with Gasteiger partial charge in [0.25, 0.3) is 0 Å². The van der Waals surface area contributed by atoms with Crippen LogP contribution in [0.1, 0.15) is 150 Å². The van der Waals surface area contributed by atoms with E-state index in [-0.39, 0.29) is 21.7 Å². The number of para-hydroxylation sites is 2. The van der Waals surface area contributed by atoms with Crippen LogP contribution in [0.3, 0.4) is 0 Å². The van der Waals surface area contributed by atoms with E-state index in [1.165, 1.54) is 110 Å². The van der Waals surface area contributed by atoms with Crippen molar-refractivity contribution in [3.63, 3.8) is 0 Å². The molecule has 12 aromatic carbocycles. The molecule has 2 aliphatic heterocycles. The van der Waals surface area contributed by atoms with Crippen molar-refractivity contribution in [3.05, 3.63) is 328 Å². The van der Waals surface area contributed by atoms with E-state index < -0.39 is 10.8 Å². The molecule has 0 saturated carbocycles. The highest BCUT2D eigenvalue weighted by atomic mass is 32.2. The minimum Gasteiger partial charge on any atom is -0.457 e. The van der Waals surface area contributed by atoms with Crippen molar-refractivity contribution in [2.24, 2.45) is 0 Å². The summed E-state index contributed by atoms with van der Waals surface area (Å²) in [7, 11) is 0. The lowest BCUT2D eigenvalue weighted by Gasteiger charge is -2.41. The normalized spacial score (nSPS) is 14.5. The van der Waals surface area contributed by atoms with Gasteiger partial charge in [-0.25, -0.2) is 0 Å². The first-order valence-corrected chi connectivity index (χ1v) is 34.0. The Hall–Kier alpha value is -9.41. The summed E-state index contributed by atoms with van der Waals surface area (Å²) in [4.78, 5) is 5.20. The molecule has 456 valence electrons. The fourth-order valence-electron chi connectivity index (χ4n) is 15.8. The highest BCUT2D eigenvalue weighted by molar-refractivity contribution is 7.99. The SMILES string of the molecule is CC(C)(C)c1ccc2c(c1)C1(c3cc(C(C)(C)C)ccc3O2)c2ccccc2-c2ccc(N(c3ccccc3-c3ccc(-c4ccccc4)cc3)c3ccccc3-c3ccc4c(c3)C3(c5cc(C(C)(C)C)ccc5Sc5ccc(C(C)(C)C)cc53)c3ccccc3-4)cc21. The Morgan fingerprint density at radius 1 is 0.269 bits per heavy atom. The van der Waals surface area contributed by atoms with Crippen molar-refractivity contribution in [1.82, 2.24) is 0 Å². The Kier molecular flexibility index (Phi) is 13.3. The predicted molar refractivity (Wildman–Crippen MR) is 391 cm³/mol. The van der Waals surface area contributed by atoms with Gasteiger partial charge >= 0.3 is 0 Å². The van der Waals surface area contributed by atoms with Crippen molar-refractivity contribution in [2.75, 3.05) is 4.90 Å². The molecule has 16 rings (SSSR count). The fraction of sp³-hybridized carbons (Fsp3) is 0.200. The monoisotopic (exact) mass is 1220 g/mol. The van der Waals surface area contributed by atoms with Gasteiger partial charge < -0.3 is 9.64 Å². The van der Waals surface area contributed by atoms with Crippen molar-refractivity contribution < 1.29 is 4.74 Å². The van der Waals surface area contributed by atoms with Crippen molar-refractivity contribution in [1.29, 1.82) is 0 Å². The molecule has 0 atom stereocenters. The molecule has 0 saturated heterocycles. The summed E-state index contributed by atoms with van der Waals surface area (Å²) >= 11 is 1.93. The largest absolute Gasteiger partial charge is 0.457 e. The van der Waals surface area contributed by atoms with Gasteiger partial charge in [-0.2, -0.15) is 0 Å². The number of fused-ring (bicyclic) bond motifs is 18. The Morgan fingerprint density at radius 2 is 0.634 bits per heavy atom. The molecule has 0 amide bonds. The zero-order valence-corrected chi connectivity index (χ0v) is 56.4. The second-order valence-electron chi connectivity index (χ2n) is 30.4. The first-order valence-electron chi connectivity index (χ1n) is 33.2. The molecule has 2 nitrogen and oxygen atoms in total. The average Bonchev–Trinajstić information content (AvgIpc) is 1.61. The van der Waals surface area contributed by atoms with E-state index in [1.807, 2.05) is 11.8 Å². The van der Waals surface area contributed by atoms with Crippen LogP contribution >= 0.6 is 11.8 Å². The first-order chi connectivity index (χ1) is 44.6. The summed E-state index contributed by atoms with van der Waals surface area (Å²) in [6.07, 6.45) is 0. The number of hydrogen-bond acceptors (Lipinski definition) is 3. The molecule has 2 spiro atoms. The third-order valence-corrected chi connectivity index (χ3v) is 21.8. The molecule has 93 heavy (non-hydrogen) atoms. The van der Waals surface area contributed by atoms with Gasteiger partial charge in [0.15, 0.2) is 0 Å². The van der Waals surface area contributed by atoms with Crippen LogP contribution in [0.25, 0.3) is 55.6 Å². The highest BCUT2D eigenvalue weighted by Gasteiger charge is 2.54. The van der Waals surface area contributed by atoms with Crippen molar-refractivity contribution in [2.45, 2.75) is 125 Å². The highest BCUT2D eigenvalue weighted by Crippen LogP contribution is 2.66. The van der Waals surface area contributed by atoms with E-state index in [2.05, 4.69) is 349 Å². The van der Waals surface area contributed by atoms with Crippen LogP contribution in [0.5, 0.6) is 11.5 Å². The van der Waals surface area contributed by atoms with E-state index in [1.54, 1.807) is 0 Å². The summed E-state index contributed by atoms with van der Waals surface area (Å²) in [6.45, 7) is 28.1. The third kappa shape index (κ3) is 9.11. The van der Waals surface area contributed by atoms with Crippen LogP contribution in [-0.4, -0.2) is 0 Å². The zero-order chi connectivity index (χ0) is 64.1. The average molecular weight is 1220 g/mol. The van der Waals surface area contributed by atoms with Gasteiger partial charge in [0.2, 0.25) is 0 Å². The Morgan fingerprint density at radius 3 is 1.14 bits per heavy atom. The summed E-state index contributed by atoms with van der Waals surface area (Å²) in [5, 5.41) is 0. The van der Waals surface area contributed by atoms with Crippen LogP contribution in [0.4, 0.5) is 17.1 Å². The third-order valence-electron chi connectivity index (χ3n) is 20.7. The Bertz CT molecular complexity index is 4890. The molecule has 0 bridgehead atoms. The van der Waals surface area contributed by atoms with Crippen LogP contribution < -0.4 is 9.64 Å².